The first-order valence-corrected chi connectivity index (χ1v) is 12.5. The summed E-state index contributed by atoms with van der Waals surface area (Å²) in [4.78, 5) is 35.5. The fourth-order valence-electron chi connectivity index (χ4n) is 5.32. The number of rotatable bonds is 7. The summed E-state index contributed by atoms with van der Waals surface area (Å²) in [6, 6.07) is 6.48. The van der Waals surface area contributed by atoms with Crippen molar-refractivity contribution in [3.8, 4) is 11.5 Å². The number of hydrogen-bond acceptors (Lipinski definition) is 8. The van der Waals surface area contributed by atoms with Gasteiger partial charge in [0.25, 0.3) is 0 Å². The van der Waals surface area contributed by atoms with Crippen molar-refractivity contribution in [3.05, 3.63) is 40.4 Å². The zero-order chi connectivity index (χ0) is 24.2. The molecule has 1 aromatic carbocycles. The highest BCUT2D eigenvalue weighted by Crippen LogP contribution is 2.42. The maximum Gasteiger partial charge on any atom is 0.346 e. The van der Waals surface area contributed by atoms with Gasteiger partial charge in [-0.25, -0.2) is 4.79 Å². The number of ether oxygens (including phenoxy) is 2. The van der Waals surface area contributed by atoms with Crippen LogP contribution in [0.2, 0.25) is 0 Å². The third-order valence-electron chi connectivity index (χ3n) is 7.28. The molecule has 0 aliphatic carbocycles. The van der Waals surface area contributed by atoms with E-state index >= 15 is 0 Å². The highest BCUT2D eigenvalue weighted by atomic mass is 16.5. The summed E-state index contributed by atoms with van der Waals surface area (Å²) < 4.78 is 11.2. The van der Waals surface area contributed by atoms with Crippen molar-refractivity contribution in [2.24, 2.45) is 0 Å². The molecule has 0 bridgehead atoms. The second-order valence-electron chi connectivity index (χ2n) is 9.52. The van der Waals surface area contributed by atoms with Gasteiger partial charge in [0.15, 0.2) is 17.3 Å². The molecule has 35 heavy (non-hydrogen) atoms. The lowest BCUT2D eigenvalue weighted by Gasteiger charge is -2.37. The van der Waals surface area contributed by atoms with Crippen molar-refractivity contribution >= 4 is 17.4 Å². The predicted octanol–water partition coefficient (Wildman–Crippen LogP) is 2.03. The smallest absolute Gasteiger partial charge is 0.346 e. The summed E-state index contributed by atoms with van der Waals surface area (Å²) in [5.41, 5.74) is 1.66. The highest BCUT2D eigenvalue weighted by molar-refractivity contribution is 5.78. The quantitative estimate of drug-likeness (QED) is 0.469. The second-order valence-corrected chi connectivity index (χ2v) is 9.52. The largest absolute Gasteiger partial charge is 0.450 e. The summed E-state index contributed by atoms with van der Waals surface area (Å²) in [6.45, 7) is 5.41. The Morgan fingerprint density at radius 2 is 2.00 bits per heavy atom. The van der Waals surface area contributed by atoms with Gasteiger partial charge in [-0.15, -0.1) is 0 Å². The van der Waals surface area contributed by atoms with Gasteiger partial charge >= 0.3 is 5.69 Å². The number of aromatic nitrogens is 2. The molecule has 2 saturated heterocycles. The molecule has 3 aliphatic rings. The molecule has 2 aromatic rings. The fourth-order valence-corrected chi connectivity index (χ4v) is 5.32. The Bertz CT molecular complexity index is 1090. The first-order chi connectivity index (χ1) is 17.1. The topological polar surface area (TPSA) is 112 Å². The number of anilines is 2. The van der Waals surface area contributed by atoms with E-state index in [0.717, 1.165) is 57.5 Å². The van der Waals surface area contributed by atoms with Crippen molar-refractivity contribution < 1.29 is 14.3 Å². The second kappa shape index (κ2) is 10.8. The van der Waals surface area contributed by atoms with Crippen molar-refractivity contribution in [3.63, 3.8) is 0 Å². The number of fused-ring (bicyclic) bond motifs is 2. The van der Waals surface area contributed by atoms with E-state index in [2.05, 4.69) is 37.6 Å². The van der Waals surface area contributed by atoms with Crippen LogP contribution in [0.4, 0.5) is 11.5 Å². The number of aromatic amines is 1. The van der Waals surface area contributed by atoms with Gasteiger partial charge in [-0.05, 0) is 75.5 Å². The van der Waals surface area contributed by atoms with E-state index in [1.165, 1.54) is 11.8 Å². The molecule has 0 saturated carbocycles. The third-order valence-corrected chi connectivity index (χ3v) is 7.28. The van der Waals surface area contributed by atoms with Crippen molar-refractivity contribution in [1.29, 1.82) is 0 Å². The van der Waals surface area contributed by atoms with Gasteiger partial charge in [-0.3, -0.25) is 14.7 Å². The van der Waals surface area contributed by atoms with Gasteiger partial charge in [0.05, 0.1) is 25.0 Å². The molecule has 10 heteroatoms. The molecule has 1 amide bonds. The Balaban J connectivity index is 1.18. The summed E-state index contributed by atoms with van der Waals surface area (Å²) in [5.74, 6) is 2.37. The average Bonchev–Trinajstić information content (AvgIpc) is 2.88. The molecule has 0 unspecified atom stereocenters. The van der Waals surface area contributed by atoms with Gasteiger partial charge in [-0.1, -0.05) is 6.07 Å². The van der Waals surface area contributed by atoms with Crippen LogP contribution in [0.15, 0.2) is 29.2 Å². The number of carbonyl (C=O) groups excluding carboxylic acids is 1. The number of piperidine rings is 2. The van der Waals surface area contributed by atoms with E-state index < -0.39 is 5.69 Å². The molecule has 1 aromatic heterocycles. The Morgan fingerprint density at radius 1 is 1.20 bits per heavy atom. The molecule has 5 rings (SSSR count). The molecule has 0 spiro atoms. The summed E-state index contributed by atoms with van der Waals surface area (Å²) >= 11 is 0. The van der Waals surface area contributed by atoms with Gasteiger partial charge in [0.2, 0.25) is 5.91 Å². The number of likely N-dealkylation sites (tertiary alicyclic amines) is 1. The minimum Gasteiger partial charge on any atom is -0.450 e. The molecular formula is C25H34N6O4. The minimum absolute atomic E-state index is 0.213. The van der Waals surface area contributed by atoms with E-state index in [4.69, 9.17) is 9.47 Å². The number of hydrogen-bond donors (Lipinski definition) is 3. The molecule has 2 fully saturated rings. The van der Waals surface area contributed by atoms with E-state index in [9.17, 15) is 9.59 Å². The van der Waals surface area contributed by atoms with Gasteiger partial charge in [0, 0.05) is 19.7 Å². The van der Waals surface area contributed by atoms with Crippen LogP contribution < -0.4 is 21.1 Å². The number of methoxy groups -OCH3 is 1. The fraction of sp³-hybridized carbons (Fsp3) is 0.560. The normalized spacial score (nSPS) is 18.8. The monoisotopic (exact) mass is 482 g/mol. The lowest BCUT2D eigenvalue weighted by Crippen LogP contribution is -2.51. The lowest BCUT2D eigenvalue weighted by atomic mass is 9.89. The molecule has 4 heterocycles. The summed E-state index contributed by atoms with van der Waals surface area (Å²) in [6.07, 6.45) is 5.42. The number of nitrogens with one attached hydrogen (secondary N) is 3. The standard InChI is InChI=1S/C25H34N6O4/c1-34-13-12-31(19-4-8-26-9-5-19)23(32)16-30-10-6-17(7-11-30)18-2-3-21-20(14-18)28-24-22(35-21)15-27-25(33)29-24/h2-3,14-15,17,19,26H,4-13,16H2,1H3,(H2,27,28,29,33). The van der Waals surface area contributed by atoms with Crippen molar-refractivity contribution in [1.82, 2.24) is 25.1 Å². The Labute approximate surface area is 205 Å². The SMILES string of the molecule is COCCN(C(=O)CN1CCC(c2ccc3c(c2)Nc2[nH]c(=O)ncc2O3)CC1)C1CCNCC1. The Morgan fingerprint density at radius 3 is 2.77 bits per heavy atom. The average molecular weight is 483 g/mol. The summed E-state index contributed by atoms with van der Waals surface area (Å²) in [5, 5.41) is 6.64. The van der Waals surface area contributed by atoms with Crippen molar-refractivity contribution in [2.75, 3.05) is 58.3 Å². The molecule has 188 valence electrons. The number of amides is 1. The molecular weight excluding hydrogens is 448 g/mol. The first-order valence-electron chi connectivity index (χ1n) is 12.5. The maximum absolute atomic E-state index is 13.2. The number of nitrogens with zero attached hydrogens (tertiary/aromatic N) is 3. The van der Waals surface area contributed by atoms with Crippen LogP contribution in [0.1, 0.15) is 37.2 Å². The molecule has 3 N–H and O–H groups in total. The van der Waals surface area contributed by atoms with Crippen LogP contribution >= 0.6 is 0 Å². The number of benzene rings is 1. The van der Waals surface area contributed by atoms with Crippen LogP contribution in [0.5, 0.6) is 11.5 Å². The van der Waals surface area contributed by atoms with Crippen LogP contribution in [-0.4, -0.2) is 84.7 Å². The van der Waals surface area contributed by atoms with E-state index in [0.29, 0.717) is 49.0 Å². The maximum atomic E-state index is 13.2. The predicted molar refractivity (Wildman–Crippen MR) is 133 cm³/mol. The van der Waals surface area contributed by atoms with Gasteiger partial charge < -0.3 is 25.0 Å². The zero-order valence-corrected chi connectivity index (χ0v) is 20.2. The number of carbonyl (C=O) groups is 1. The van der Waals surface area contributed by atoms with Gasteiger partial charge in [-0.2, -0.15) is 4.98 Å². The van der Waals surface area contributed by atoms with E-state index in [-0.39, 0.29) is 5.91 Å². The van der Waals surface area contributed by atoms with Crippen LogP contribution in [0.3, 0.4) is 0 Å². The van der Waals surface area contributed by atoms with Gasteiger partial charge in [0.1, 0.15) is 0 Å². The molecule has 0 atom stereocenters. The van der Waals surface area contributed by atoms with E-state index in [1.54, 1.807) is 7.11 Å². The minimum atomic E-state index is -0.415. The lowest BCUT2D eigenvalue weighted by molar-refractivity contribution is -0.136. The Kier molecular flexibility index (Phi) is 7.31. The third kappa shape index (κ3) is 5.50. The highest BCUT2D eigenvalue weighted by Gasteiger charge is 2.29. The molecule has 3 aliphatic heterocycles. The number of H-pyrrole nitrogens is 1. The van der Waals surface area contributed by atoms with Crippen LogP contribution in [0.25, 0.3) is 0 Å². The molecule has 0 radical (unpaired) electrons. The van der Waals surface area contributed by atoms with E-state index in [1.807, 2.05) is 11.0 Å². The van der Waals surface area contributed by atoms with Crippen LogP contribution in [0, 0.1) is 0 Å². The Hall–Kier alpha value is -2.95. The zero-order valence-electron chi connectivity index (χ0n) is 20.2. The van der Waals surface area contributed by atoms with Crippen molar-refractivity contribution in [2.45, 2.75) is 37.6 Å². The van der Waals surface area contributed by atoms with Crippen LogP contribution in [-0.2, 0) is 9.53 Å². The molecule has 10 nitrogen and oxygen atoms in total. The summed E-state index contributed by atoms with van der Waals surface area (Å²) in [7, 11) is 1.69. The first kappa shape index (κ1) is 23.8.